The van der Waals surface area contributed by atoms with Gasteiger partial charge < -0.3 is 19.9 Å². The van der Waals surface area contributed by atoms with E-state index in [2.05, 4.69) is 47.7 Å². The Bertz CT molecular complexity index is 953. The quantitative estimate of drug-likeness (QED) is 0.0237. The lowest BCUT2D eigenvalue weighted by molar-refractivity contribution is -0.144. The number of hydrogen-bond acceptors (Lipinski definition) is 9. The van der Waals surface area contributed by atoms with Crippen LogP contribution in [0.3, 0.4) is 0 Å². The molecule has 10 nitrogen and oxygen atoms in total. The molecule has 0 aromatic rings. The molecule has 0 heterocycles. The number of carbonyl (C=O) groups excluding carboxylic acids is 2. The van der Waals surface area contributed by atoms with Crippen LogP contribution in [-0.2, 0) is 33.6 Å². The summed E-state index contributed by atoms with van der Waals surface area (Å²) in [6.45, 7) is 4.90. The number of esters is 2. The first-order valence-corrected chi connectivity index (χ1v) is 23.4. The fourth-order valence-electron chi connectivity index (χ4n) is 6.16. The lowest BCUT2D eigenvalue weighted by atomic mass is 9.93. The molecular formula is C44H85NO9S. The van der Waals surface area contributed by atoms with E-state index >= 15 is 0 Å². The molecule has 0 aliphatic heterocycles. The second kappa shape index (κ2) is 41.8. The van der Waals surface area contributed by atoms with Crippen LogP contribution in [0.25, 0.3) is 0 Å². The summed E-state index contributed by atoms with van der Waals surface area (Å²) in [6.07, 6.45) is 43.2. The van der Waals surface area contributed by atoms with E-state index in [4.69, 9.17) is 14.0 Å². The Morgan fingerprint density at radius 1 is 0.564 bits per heavy atom. The average Bonchev–Trinajstić information content (AvgIpc) is 3.17. The molecule has 326 valence electrons. The number of rotatable bonds is 39. The molecule has 0 rings (SSSR count). The summed E-state index contributed by atoms with van der Waals surface area (Å²) in [6, 6.07) is 0. The smallest absolute Gasteiger partial charge is 0.397 e. The minimum atomic E-state index is -4.16. The van der Waals surface area contributed by atoms with Crippen molar-refractivity contribution >= 4 is 22.3 Å². The van der Waals surface area contributed by atoms with Crippen molar-refractivity contribution < 1.29 is 41.3 Å². The number of aliphatic hydroxyl groups is 1. The normalized spacial score (nSPS) is 12.0. The summed E-state index contributed by atoms with van der Waals surface area (Å²) in [5.74, 6) is -0.348. The van der Waals surface area contributed by atoms with Crippen LogP contribution in [0.15, 0.2) is 24.3 Å². The van der Waals surface area contributed by atoms with E-state index in [1.807, 2.05) is 0 Å². The maximum Gasteiger partial charge on any atom is 0.397 e. The summed E-state index contributed by atoms with van der Waals surface area (Å²) in [5.41, 5.74) is -0.632. The van der Waals surface area contributed by atoms with Gasteiger partial charge in [0, 0.05) is 31.2 Å². The lowest BCUT2D eigenvalue weighted by Gasteiger charge is -2.31. The highest BCUT2D eigenvalue weighted by atomic mass is 32.3. The van der Waals surface area contributed by atoms with Crippen LogP contribution in [-0.4, -0.2) is 69.5 Å². The minimum Gasteiger partial charge on any atom is -0.466 e. The van der Waals surface area contributed by atoms with Gasteiger partial charge in [-0.15, -0.1) is 0 Å². The predicted molar refractivity (Wildman–Crippen MR) is 227 cm³/mol. The Hall–Kier alpha value is -1.79. The summed E-state index contributed by atoms with van der Waals surface area (Å²) < 4.78 is 40.7. The molecule has 0 radical (unpaired) electrons. The second-order valence-corrected chi connectivity index (χ2v) is 16.1. The fourth-order valence-corrected chi connectivity index (χ4v) is 6.16. The summed E-state index contributed by atoms with van der Waals surface area (Å²) >= 11 is 0. The van der Waals surface area contributed by atoms with E-state index in [0.29, 0.717) is 25.7 Å². The van der Waals surface area contributed by atoms with Gasteiger partial charge in [0.1, 0.15) is 0 Å². The van der Waals surface area contributed by atoms with Gasteiger partial charge in [-0.05, 0) is 71.3 Å². The average molecular weight is 804 g/mol. The molecule has 55 heavy (non-hydrogen) atoms. The first-order valence-electron chi connectivity index (χ1n) is 22.0. The fraction of sp³-hybridized carbons (Fsp3) is 0.864. The molecule has 0 saturated heterocycles. The maximum absolute atomic E-state index is 12.2. The largest absolute Gasteiger partial charge is 0.466 e. The third-order valence-corrected chi connectivity index (χ3v) is 10.4. The Kier molecular flexibility index (Phi) is 42.1. The SMILES string of the molecule is CCCCCCCC/C=C\CCCCCCCC(=O)OCCC(CO)(CCOC(=O)CCCCCCC/C=C\CCCCCCCC)NC.COS(=O)(=O)O. The number of aliphatic hydroxyl groups excluding tert-OH is 1. The standard InChI is InChI=1S/C43H81NO5.CH4O4S/c1-4-6-8-10-12-14-16-18-20-22-24-26-28-30-32-34-41(46)48-38-36-43(40-45,44-3)37-39-49-42(47)35-33-31-29-27-25-23-21-19-17-15-13-11-9-7-5-2;1-5-6(2,3)4/h18-21,44-45H,4-17,22-40H2,1-3H3;1H3,(H,2,3,4)/b20-18-,21-19-;. The van der Waals surface area contributed by atoms with Crippen molar-refractivity contribution in [2.75, 3.05) is 34.0 Å². The summed E-state index contributed by atoms with van der Waals surface area (Å²) in [5, 5.41) is 13.2. The molecule has 0 bridgehead atoms. The first-order chi connectivity index (χ1) is 26.6. The zero-order chi connectivity index (χ0) is 41.1. The summed E-state index contributed by atoms with van der Waals surface area (Å²) in [4.78, 5) is 24.5. The van der Waals surface area contributed by atoms with Crippen molar-refractivity contribution in [2.24, 2.45) is 0 Å². The van der Waals surface area contributed by atoms with Crippen molar-refractivity contribution in [1.82, 2.24) is 5.32 Å². The molecule has 3 N–H and O–H groups in total. The molecule has 0 amide bonds. The van der Waals surface area contributed by atoms with Gasteiger partial charge in [-0.1, -0.05) is 141 Å². The first kappa shape index (κ1) is 55.3. The number of carbonyl (C=O) groups is 2. The Balaban J connectivity index is 0. The van der Waals surface area contributed by atoms with E-state index in [9.17, 15) is 23.1 Å². The molecule has 0 unspecified atom stereocenters. The van der Waals surface area contributed by atoms with Crippen molar-refractivity contribution in [1.29, 1.82) is 0 Å². The number of allylic oxidation sites excluding steroid dienone is 4. The van der Waals surface area contributed by atoms with Crippen molar-refractivity contribution in [3.63, 3.8) is 0 Å². The van der Waals surface area contributed by atoms with Gasteiger partial charge in [0.15, 0.2) is 0 Å². The molecule has 0 aliphatic carbocycles. The monoisotopic (exact) mass is 804 g/mol. The molecule has 0 aliphatic rings. The highest BCUT2D eigenvalue weighted by Gasteiger charge is 2.28. The molecule has 0 fully saturated rings. The molecule has 0 saturated carbocycles. The number of hydrogen-bond donors (Lipinski definition) is 3. The topological polar surface area (TPSA) is 148 Å². The van der Waals surface area contributed by atoms with E-state index in [1.54, 1.807) is 7.05 Å². The third kappa shape index (κ3) is 43.2. The van der Waals surface area contributed by atoms with Crippen LogP contribution in [0, 0.1) is 0 Å². The lowest BCUT2D eigenvalue weighted by Crippen LogP contribution is -2.48. The highest BCUT2D eigenvalue weighted by Crippen LogP contribution is 2.17. The molecule has 11 heteroatoms. The number of unbranched alkanes of at least 4 members (excludes halogenated alkanes) is 22. The molecule has 0 aromatic carbocycles. The zero-order valence-electron chi connectivity index (χ0n) is 35.8. The van der Waals surface area contributed by atoms with Crippen LogP contribution in [0.2, 0.25) is 0 Å². The van der Waals surface area contributed by atoms with Crippen LogP contribution >= 0.6 is 0 Å². The van der Waals surface area contributed by atoms with E-state index < -0.39 is 15.9 Å². The van der Waals surface area contributed by atoms with E-state index in [-0.39, 0.29) is 31.8 Å². The highest BCUT2D eigenvalue weighted by molar-refractivity contribution is 7.80. The van der Waals surface area contributed by atoms with Gasteiger partial charge in [-0.2, -0.15) is 8.42 Å². The van der Waals surface area contributed by atoms with Gasteiger partial charge in [-0.3, -0.25) is 18.3 Å². The van der Waals surface area contributed by atoms with Crippen LogP contribution in [0.5, 0.6) is 0 Å². The Morgan fingerprint density at radius 2 is 0.855 bits per heavy atom. The maximum atomic E-state index is 12.2. The zero-order valence-corrected chi connectivity index (χ0v) is 36.6. The minimum absolute atomic E-state index is 0.110. The van der Waals surface area contributed by atoms with Crippen LogP contribution in [0.4, 0.5) is 0 Å². The number of likely N-dealkylation sites (N-methyl/N-ethyl adjacent to an activating group) is 1. The second-order valence-electron chi connectivity index (χ2n) is 14.9. The van der Waals surface area contributed by atoms with Crippen molar-refractivity contribution in [3.05, 3.63) is 24.3 Å². The molecule has 0 atom stereocenters. The van der Waals surface area contributed by atoms with Gasteiger partial charge in [-0.25, -0.2) is 0 Å². The van der Waals surface area contributed by atoms with Gasteiger partial charge in [0.05, 0.1) is 26.9 Å². The van der Waals surface area contributed by atoms with Crippen LogP contribution in [0.1, 0.15) is 206 Å². The Morgan fingerprint density at radius 3 is 1.13 bits per heavy atom. The van der Waals surface area contributed by atoms with Crippen molar-refractivity contribution in [2.45, 2.75) is 212 Å². The van der Waals surface area contributed by atoms with E-state index in [0.717, 1.165) is 58.5 Å². The number of nitrogens with one attached hydrogen (secondary N) is 1. The molecular weight excluding hydrogens is 719 g/mol. The number of ether oxygens (including phenoxy) is 2. The summed E-state index contributed by atoms with van der Waals surface area (Å²) in [7, 11) is -1.50. The van der Waals surface area contributed by atoms with Gasteiger partial charge in [0.2, 0.25) is 0 Å². The van der Waals surface area contributed by atoms with Gasteiger partial charge in [0.25, 0.3) is 0 Å². The van der Waals surface area contributed by atoms with E-state index in [1.165, 1.54) is 116 Å². The van der Waals surface area contributed by atoms with Crippen LogP contribution < -0.4 is 5.32 Å². The Labute approximate surface area is 338 Å². The predicted octanol–water partition coefficient (Wildman–Crippen LogP) is 11.3. The van der Waals surface area contributed by atoms with Gasteiger partial charge >= 0.3 is 22.3 Å². The third-order valence-electron chi connectivity index (χ3n) is 10.0. The van der Waals surface area contributed by atoms with Crippen molar-refractivity contribution in [3.8, 4) is 0 Å². The molecule has 0 aromatic heterocycles. The molecule has 0 spiro atoms.